The zero-order valence-electron chi connectivity index (χ0n) is 8.91. The molecule has 0 radical (unpaired) electrons. The van der Waals surface area contributed by atoms with Crippen LogP contribution in [0.1, 0.15) is 56.7 Å². The van der Waals surface area contributed by atoms with Crippen LogP contribution < -0.4 is 5.32 Å². The Morgan fingerprint density at radius 1 is 1.07 bits per heavy atom. The van der Waals surface area contributed by atoms with Gasteiger partial charge in [-0.1, -0.05) is 19.3 Å². The van der Waals surface area contributed by atoms with Crippen LogP contribution in [0.5, 0.6) is 0 Å². The minimum atomic E-state index is 0.652. The number of aromatic nitrogens is 2. The van der Waals surface area contributed by atoms with Gasteiger partial charge in [0.15, 0.2) is 0 Å². The Balaban J connectivity index is 1.60. The van der Waals surface area contributed by atoms with E-state index in [4.69, 9.17) is 0 Å². The monoisotopic (exact) mass is 223 g/mol. The predicted molar refractivity (Wildman–Crippen MR) is 62.4 cm³/mol. The largest absolute Gasteiger partial charge is 0.358 e. The molecule has 1 heterocycles. The lowest BCUT2D eigenvalue weighted by atomic mass is 9.96. The standard InChI is InChI=1S/C11H17N3S/c1-2-4-9(5-3-1)12-11-13-10(14-15-11)8-6-7-8/h8-9H,1-7H2,(H,12,13,14). The van der Waals surface area contributed by atoms with Crippen molar-refractivity contribution in [1.29, 1.82) is 0 Å². The first-order valence-electron chi connectivity index (χ1n) is 6.02. The van der Waals surface area contributed by atoms with Gasteiger partial charge < -0.3 is 5.32 Å². The van der Waals surface area contributed by atoms with Gasteiger partial charge in [-0.05, 0) is 25.7 Å². The molecule has 0 amide bonds. The van der Waals surface area contributed by atoms with Gasteiger partial charge in [0.2, 0.25) is 5.13 Å². The van der Waals surface area contributed by atoms with Crippen LogP contribution in [0.3, 0.4) is 0 Å². The third-order valence-electron chi connectivity index (χ3n) is 3.32. The van der Waals surface area contributed by atoms with Crippen LogP contribution in [0.15, 0.2) is 0 Å². The quantitative estimate of drug-likeness (QED) is 0.855. The molecule has 0 atom stereocenters. The molecule has 3 nitrogen and oxygen atoms in total. The third-order valence-corrected chi connectivity index (χ3v) is 3.98. The Morgan fingerprint density at radius 3 is 2.60 bits per heavy atom. The highest BCUT2D eigenvalue weighted by atomic mass is 32.1. The fraction of sp³-hybridized carbons (Fsp3) is 0.818. The number of hydrogen-bond acceptors (Lipinski definition) is 4. The highest BCUT2D eigenvalue weighted by molar-refractivity contribution is 7.09. The molecular weight excluding hydrogens is 206 g/mol. The molecule has 3 rings (SSSR count). The summed E-state index contributed by atoms with van der Waals surface area (Å²) >= 11 is 1.54. The molecule has 0 unspecified atom stereocenters. The summed E-state index contributed by atoms with van der Waals surface area (Å²) in [5.41, 5.74) is 0. The van der Waals surface area contributed by atoms with Gasteiger partial charge in [-0.15, -0.1) is 0 Å². The van der Waals surface area contributed by atoms with E-state index in [0.29, 0.717) is 12.0 Å². The van der Waals surface area contributed by atoms with E-state index in [1.807, 2.05) is 0 Å². The zero-order valence-corrected chi connectivity index (χ0v) is 9.72. The maximum absolute atomic E-state index is 4.56. The Labute approximate surface area is 94.5 Å². The molecule has 0 aliphatic heterocycles. The van der Waals surface area contributed by atoms with Gasteiger partial charge in [0.25, 0.3) is 0 Å². The predicted octanol–water partition coefficient (Wildman–Crippen LogP) is 3.16. The molecular formula is C11H17N3S. The smallest absolute Gasteiger partial charge is 0.202 e. The van der Waals surface area contributed by atoms with Crippen molar-refractivity contribution < 1.29 is 0 Å². The second-order valence-electron chi connectivity index (χ2n) is 4.71. The molecule has 0 saturated heterocycles. The van der Waals surface area contributed by atoms with E-state index >= 15 is 0 Å². The normalized spacial score (nSPS) is 22.9. The summed E-state index contributed by atoms with van der Waals surface area (Å²) in [5.74, 6) is 1.77. The molecule has 2 saturated carbocycles. The molecule has 15 heavy (non-hydrogen) atoms. The van der Waals surface area contributed by atoms with Crippen molar-refractivity contribution in [2.75, 3.05) is 5.32 Å². The molecule has 2 aliphatic rings. The topological polar surface area (TPSA) is 37.8 Å². The summed E-state index contributed by atoms with van der Waals surface area (Å²) in [7, 11) is 0. The maximum Gasteiger partial charge on any atom is 0.202 e. The van der Waals surface area contributed by atoms with E-state index in [0.717, 1.165) is 11.0 Å². The molecule has 0 spiro atoms. The second-order valence-corrected chi connectivity index (χ2v) is 5.46. The maximum atomic E-state index is 4.56. The number of anilines is 1. The Hall–Kier alpha value is -0.640. The van der Waals surface area contributed by atoms with Crippen LogP contribution >= 0.6 is 11.5 Å². The minimum Gasteiger partial charge on any atom is -0.358 e. The SMILES string of the molecule is C1CCC(Nc2nc(C3CC3)ns2)CC1. The van der Waals surface area contributed by atoms with Crippen molar-refractivity contribution in [2.24, 2.45) is 0 Å². The van der Waals surface area contributed by atoms with Gasteiger partial charge in [-0.3, -0.25) is 0 Å². The lowest BCUT2D eigenvalue weighted by Gasteiger charge is -2.21. The summed E-state index contributed by atoms with van der Waals surface area (Å²) in [6.07, 6.45) is 9.33. The van der Waals surface area contributed by atoms with Gasteiger partial charge in [0.1, 0.15) is 5.82 Å². The van der Waals surface area contributed by atoms with Gasteiger partial charge in [0.05, 0.1) is 0 Å². The first-order valence-corrected chi connectivity index (χ1v) is 6.79. The molecule has 1 N–H and O–H groups in total. The van der Waals surface area contributed by atoms with Crippen molar-refractivity contribution in [3.63, 3.8) is 0 Å². The summed E-state index contributed by atoms with van der Waals surface area (Å²) in [6.45, 7) is 0. The van der Waals surface area contributed by atoms with Crippen LogP contribution in [0.2, 0.25) is 0 Å². The zero-order chi connectivity index (χ0) is 10.1. The van der Waals surface area contributed by atoms with Crippen LogP contribution in [0.25, 0.3) is 0 Å². The Morgan fingerprint density at radius 2 is 1.87 bits per heavy atom. The van der Waals surface area contributed by atoms with E-state index in [1.165, 1.54) is 56.5 Å². The first kappa shape index (κ1) is 9.58. The third kappa shape index (κ3) is 2.30. The van der Waals surface area contributed by atoms with E-state index in [2.05, 4.69) is 14.7 Å². The van der Waals surface area contributed by atoms with Crippen molar-refractivity contribution in [2.45, 2.75) is 56.9 Å². The van der Waals surface area contributed by atoms with E-state index < -0.39 is 0 Å². The van der Waals surface area contributed by atoms with Gasteiger partial charge in [0, 0.05) is 23.5 Å². The summed E-state index contributed by atoms with van der Waals surface area (Å²) in [6, 6.07) is 0.652. The Kier molecular flexibility index (Phi) is 2.61. The minimum absolute atomic E-state index is 0.652. The van der Waals surface area contributed by atoms with Gasteiger partial charge >= 0.3 is 0 Å². The highest BCUT2D eigenvalue weighted by Crippen LogP contribution is 2.39. The number of nitrogens with one attached hydrogen (secondary N) is 1. The lowest BCUT2D eigenvalue weighted by Crippen LogP contribution is -2.22. The number of nitrogens with zero attached hydrogens (tertiary/aromatic N) is 2. The van der Waals surface area contributed by atoms with Crippen LogP contribution in [-0.4, -0.2) is 15.4 Å². The molecule has 1 aromatic heterocycles. The van der Waals surface area contributed by atoms with Crippen molar-refractivity contribution in [1.82, 2.24) is 9.36 Å². The van der Waals surface area contributed by atoms with Crippen molar-refractivity contribution >= 4 is 16.7 Å². The Bertz CT molecular complexity index is 326. The van der Waals surface area contributed by atoms with E-state index in [-0.39, 0.29) is 0 Å². The highest BCUT2D eigenvalue weighted by Gasteiger charge is 2.28. The van der Waals surface area contributed by atoms with Crippen molar-refractivity contribution in [3.05, 3.63) is 5.82 Å². The second kappa shape index (κ2) is 4.08. The molecule has 4 heteroatoms. The molecule has 0 aromatic carbocycles. The van der Waals surface area contributed by atoms with Crippen LogP contribution in [0, 0.1) is 0 Å². The first-order chi connectivity index (χ1) is 7.42. The average molecular weight is 223 g/mol. The number of hydrogen-bond donors (Lipinski definition) is 1. The summed E-state index contributed by atoms with van der Waals surface area (Å²) in [5, 5.41) is 4.57. The fourth-order valence-corrected chi connectivity index (χ4v) is 2.95. The van der Waals surface area contributed by atoms with Crippen LogP contribution in [-0.2, 0) is 0 Å². The molecule has 2 fully saturated rings. The molecule has 0 bridgehead atoms. The van der Waals surface area contributed by atoms with Crippen LogP contribution in [0.4, 0.5) is 5.13 Å². The fourth-order valence-electron chi connectivity index (χ4n) is 2.22. The lowest BCUT2D eigenvalue weighted by molar-refractivity contribution is 0.462. The van der Waals surface area contributed by atoms with E-state index in [9.17, 15) is 0 Å². The summed E-state index contributed by atoms with van der Waals surface area (Å²) in [4.78, 5) is 4.56. The summed E-state index contributed by atoms with van der Waals surface area (Å²) < 4.78 is 4.41. The van der Waals surface area contributed by atoms with Crippen molar-refractivity contribution in [3.8, 4) is 0 Å². The average Bonchev–Trinajstić information content (AvgIpc) is 3.02. The molecule has 2 aliphatic carbocycles. The van der Waals surface area contributed by atoms with Gasteiger partial charge in [-0.25, -0.2) is 4.98 Å². The van der Waals surface area contributed by atoms with E-state index in [1.54, 1.807) is 0 Å². The molecule has 1 aromatic rings. The number of rotatable bonds is 3. The van der Waals surface area contributed by atoms with Gasteiger partial charge in [-0.2, -0.15) is 4.37 Å². The molecule has 82 valence electrons.